The highest BCUT2D eigenvalue weighted by Gasteiger charge is 2.17. The molecule has 1 rings (SSSR count). The fourth-order valence-corrected chi connectivity index (χ4v) is 1.43. The second-order valence-corrected chi connectivity index (χ2v) is 4.27. The van der Waals surface area contributed by atoms with Gasteiger partial charge in [-0.3, -0.25) is 9.78 Å². The van der Waals surface area contributed by atoms with E-state index >= 15 is 0 Å². The number of carbonyl (C=O) groups excluding carboxylic acids is 1. The minimum absolute atomic E-state index is 0.0912. The van der Waals surface area contributed by atoms with Crippen LogP contribution in [0, 0.1) is 5.92 Å². The summed E-state index contributed by atoms with van der Waals surface area (Å²) in [6.45, 7) is 3.76. The van der Waals surface area contributed by atoms with Gasteiger partial charge in [0, 0.05) is 12.4 Å². The van der Waals surface area contributed by atoms with Crippen LogP contribution in [-0.2, 0) is 0 Å². The maximum absolute atomic E-state index is 11.8. The van der Waals surface area contributed by atoms with E-state index in [1.807, 2.05) is 13.8 Å². The lowest BCUT2D eigenvalue weighted by Gasteiger charge is -2.20. The highest BCUT2D eigenvalue weighted by molar-refractivity contribution is 6.33. The van der Waals surface area contributed by atoms with Gasteiger partial charge < -0.3 is 10.4 Å². The number of amides is 1. The molecule has 0 fully saturated rings. The standard InChI is InChI=1S/C11H15ClN2O2/c1-7(2)10(6-15)14-11(16)8-3-4-13-5-9(8)12/h3-5,7,10,15H,6H2,1-2H3,(H,14,16)/t10-/m1/s1. The zero-order valence-corrected chi connectivity index (χ0v) is 10.0. The molecular formula is C11H15ClN2O2. The average molecular weight is 243 g/mol. The van der Waals surface area contributed by atoms with Crippen molar-refractivity contribution < 1.29 is 9.90 Å². The molecule has 0 radical (unpaired) electrons. The first-order valence-electron chi connectivity index (χ1n) is 5.07. The lowest BCUT2D eigenvalue weighted by molar-refractivity contribution is 0.0897. The first-order valence-corrected chi connectivity index (χ1v) is 5.45. The molecule has 88 valence electrons. The van der Waals surface area contributed by atoms with Crippen molar-refractivity contribution in [3.05, 3.63) is 29.0 Å². The van der Waals surface area contributed by atoms with Gasteiger partial charge in [-0.05, 0) is 12.0 Å². The van der Waals surface area contributed by atoms with Crippen molar-refractivity contribution in [1.82, 2.24) is 10.3 Å². The van der Waals surface area contributed by atoms with Gasteiger partial charge in [-0.15, -0.1) is 0 Å². The number of rotatable bonds is 4. The van der Waals surface area contributed by atoms with E-state index < -0.39 is 0 Å². The second kappa shape index (κ2) is 5.82. The van der Waals surface area contributed by atoms with Gasteiger partial charge in [-0.2, -0.15) is 0 Å². The molecule has 1 aromatic rings. The summed E-state index contributed by atoms with van der Waals surface area (Å²) in [7, 11) is 0. The van der Waals surface area contributed by atoms with Gasteiger partial charge in [0.05, 0.1) is 23.2 Å². The lowest BCUT2D eigenvalue weighted by Crippen LogP contribution is -2.41. The van der Waals surface area contributed by atoms with Crippen molar-refractivity contribution in [3.63, 3.8) is 0 Å². The molecule has 1 heterocycles. The Bertz CT molecular complexity index is 369. The number of halogens is 1. The number of aliphatic hydroxyl groups excluding tert-OH is 1. The number of nitrogens with zero attached hydrogens (tertiary/aromatic N) is 1. The molecule has 0 spiro atoms. The predicted molar refractivity (Wildman–Crippen MR) is 62.4 cm³/mol. The Kier molecular flexibility index (Phi) is 4.71. The maximum Gasteiger partial charge on any atom is 0.253 e. The molecule has 4 nitrogen and oxygen atoms in total. The highest BCUT2D eigenvalue weighted by atomic mass is 35.5. The Labute approximate surface area is 99.6 Å². The molecule has 0 aliphatic heterocycles. The van der Waals surface area contributed by atoms with Crippen LogP contribution in [0.2, 0.25) is 5.02 Å². The van der Waals surface area contributed by atoms with Gasteiger partial charge in [0.15, 0.2) is 0 Å². The van der Waals surface area contributed by atoms with Crippen LogP contribution < -0.4 is 5.32 Å². The van der Waals surface area contributed by atoms with Gasteiger partial charge in [-0.1, -0.05) is 25.4 Å². The monoisotopic (exact) mass is 242 g/mol. The summed E-state index contributed by atoms with van der Waals surface area (Å²) < 4.78 is 0. The fraction of sp³-hybridized carbons (Fsp3) is 0.455. The first kappa shape index (κ1) is 12.9. The van der Waals surface area contributed by atoms with Crippen LogP contribution in [0.15, 0.2) is 18.5 Å². The van der Waals surface area contributed by atoms with Gasteiger partial charge in [0.25, 0.3) is 5.91 Å². The topological polar surface area (TPSA) is 62.2 Å². The summed E-state index contributed by atoms with van der Waals surface area (Å²) in [6, 6.07) is 1.28. The molecule has 16 heavy (non-hydrogen) atoms. The zero-order chi connectivity index (χ0) is 12.1. The van der Waals surface area contributed by atoms with E-state index in [0.717, 1.165) is 0 Å². The number of aromatic nitrogens is 1. The number of carbonyl (C=O) groups is 1. The molecule has 1 aromatic heterocycles. The molecule has 1 atom stereocenters. The first-order chi connectivity index (χ1) is 7.56. The van der Waals surface area contributed by atoms with Crippen molar-refractivity contribution >= 4 is 17.5 Å². The highest BCUT2D eigenvalue weighted by Crippen LogP contribution is 2.13. The van der Waals surface area contributed by atoms with Crippen LogP contribution in [-0.4, -0.2) is 28.6 Å². The van der Waals surface area contributed by atoms with E-state index in [2.05, 4.69) is 10.3 Å². The number of hydrogen-bond acceptors (Lipinski definition) is 3. The van der Waals surface area contributed by atoms with Crippen molar-refractivity contribution in [3.8, 4) is 0 Å². The van der Waals surface area contributed by atoms with Gasteiger partial charge >= 0.3 is 0 Å². The average Bonchev–Trinajstić information content (AvgIpc) is 2.25. The van der Waals surface area contributed by atoms with Crippen LogP contribution in [0.3, 0.4) is 0 Å². The summed E-state index contributed by atoms with van der Waals surface area (Å²) in [5.74, 6) is -0.130. The van der Waals surface area contributed by atoms with E-state index in [0.29, 0.717) is 10.6 Å². The quantitative estimate of drug-likeness (QED) is 0.841. The lowest BCUT2D eigenvalue weighted by atomic mass is 10.1. The SMILES string of the molecule is CC(C)[C@@H](CO)NC(=O)c1ccncc1Cl. The maximum atomic E-state index is 11.8. The summed E-state index contributed by atoms with van der Waals surface area (Å²) in [6.07, 6.45) is 2.92. The third kappa shape index (κ3) is 3.18. The van der Waals surface area contributed by atoms with E-state index in [1.54, 1.807) is 6.07 Å². The van der Waals surface area contributed by atoms with Gasteiger partial charge in [-0.25, -0.2) is 0 Å². The second-order valence-electron chi connectivity index (χ2n) is 3.86. The Hall–Kier alpha value is -1.13. The normalized spacial score (nSPS) is 12.6. The number of hydrogen-bond donors (Lipinski definition) is 2. The van der Waals surface area contributed by atoms with E-state index in [9.17, 15) is 4.79 Å². The molecule has 0 saturated carbocycles. The predicted octanol–water partition coefficient (Wildman–Crippen LogP) is 1.48. The Morgan fingerprint density at radius 1 is 1.62 bits per heavy atom. The van der Waals surface area contributed by atoms with Crippen LogP contribution in [0.5, 0.6) is 0 Å². The third-order valence-corrected chi connectivity index (χ3v) is 2.64. The minimum atomic E-state index is -0.292. The molecule has 1 amide bonds. The zero-order valence-electron chi connectivity index (χ0n) is 9.27. The molecule has 0 aromatic carbocycles. The fourth-order valence-electron chi connectivity index (χ4n) is 1.23. The molecule has 0 bridgehead atoms. The Morgan fingerprint density at radius 2 is 2.31 bits per heavy atom. The van der Waals surface area contributed by atoms with Crippen molar-refractivity contribution in [2.24, 2.45) is 5.92 Å². The van der Waals surface area contributed by atoms with E-state index in [-0.39, 0.29) is 24.5 Å². The molecule has 0 aliphatic rings. The molecule has 2 N–H and O–H groups in total. The molecule has 0 saturated heterocycles. The van der Waals surface area contributed by atoms with Crippen LogP contribution in [0.4, 0.5) is 0 Å². The summed E-state index contributed by atoms with van der Waals surface area (Å²) in [5.41, 5.74) is 0.371. The molecule has 0 unspecified atom stereocenters. The number of pyridine rings is 1. The molecule has 0 aliphatic carbocycles. The summed E-state index contributed by atoms with van der Waals surface area (Å²) in [5, 5.41) is 12.1. The molecule has 5 heteroatoms. The smallest absolute Gasteiger partial charge is 0.253 e. The minimum Gasteiger partial charge on any atom is -0.394 e. The van der Waals surface area contributed by atoms with E-state index in [4.69, 9.17) is 16.7 Å². The Balaban J connectivity index is 2.76. The van der Waals surface area contributed by atoms with Crippen LogP contribution in [0.25, 0.3) is 0 Å². The van der Waals surface area contributed by atoms with Crippen molar-refractivity contribution in [2.45, 2.75) is 19.9 Å². The van der Waals surface area contributed by atoms with Crippen LogP contribution >= 0.6 is 11.6 Å². The van der Waals surface area contributed by atoms with Gasteiger partial charge in [0.2, 0.25) is 0 Å². The number of aliphatic hydroxyl groups is 1. The van der Waals surface area contributed by atoms with Crippen LogP contribution in [0.1, 0.15) is 24.2 Å². The number of nitrogens with one attached hydrogen (secondary N) is 1. The molecular weight excluding hydrogens is 228 g/mol. The van der Waals surface area contributed by atoms with Crippen molar-refractivity contribution in [2.75, 3.05) is 6.61 Å². The third-order valence-electron chi connectivity index (χ3n) is 2.34. The van der Waals surface area contributed by atoms with E-state index in [1.165, 1.54) is 12.4 Å². The Morgan fingerprint density at radius 3 is 2.81 bits per heavy atom. The van der Waals surface area contributed by atoms with Gasteiger partial charge in [0.1, 0.15) is 0 Å². The largest absolute Gasteiger partial charge is 0.394 e. The summed E-state index contributed by atoms with van der Waals surface area (Å²) >= 11 is 5.84. The van der Waals surface area contributed by atoms with Crippen molar-refractivity contribution in [1.29, 1.82) is 0 Å². The summed E-state index contributed by atoms with van der Waals surface area (Å²) in [4.78, 5) is 15.6.